The number of ether oxygens (including phenoxy) is 2. The van der Waals surface area contributed by atoms with Gasteiger partial charge in [0.1, 0.15) is 39.9 Å². The standard InChI is InChI=1S/C30H27NO7/c1-14-6-9-18-17(10-14)8-7-15(2)19(18)13-31-29(36)25-22(37-5)11-21(34)26-27(25)38-23-12-20(33)24(16(3)32)28(35)30(23,26)4/h6-12,24,34H,13H2,1-5H3,(H,31,36)/t24?,30-/m1/s1. The third-order valence-corrected chi connectivity index (χ3v) is 7.54. The van der Waals surface area contributed by atoms with E-state index in [2.05, 4.69) is 11.4 Å². The van der Waals surface area contributed by atoms with Gasteiger partial charge in [-0.05, 0) is 49.6 Å². The van der Waals surface area contributed by atoms with Gasteiger partial charge < -0.3 is 19.9 Å². The van der Waals surface area contributed by atoms with E-state index in [-0.39, 0.29) is 40.7 Å². The number of hydrogen-bond acceptors (Lipinski definition) is 7. The molecule has 0 radical (unpaired) electrons. The van der Waals surface area contributed by atoms with Crippen LogP contribution in [0.25, 0.3) is 10.8 Å². The van der Waals surface area contributed by atoms with Crippen LogP contribution in [0.5, 0.6) is 17.2 Å². The molecule has 2 atom stereocenters. The molecule has 1 heterocycles. The molecule has 0 saturated carbocycles. The Morgan fingerprint density at radius 2 is 1.87 bits per heavy atom. The Morgan fingerprint density at radius 1 is 1.13 bits per heavy atom. The third kappa shape index (κ3) is 3.59. The van der Waals surface area contributed by atoms with Crippen molar-refractivity contribution in [1.29, 1.82) is 0 Å². The first-order valence-corrected chi connectivity index (χ1v) is 12.2. The molecule has 0 spiro atoms. The van der Waals surface area contributed by atoms with Crippen molar-refractivity contribution in [3.8, 4) is 17.2 Å². The zero-order valence-corrected chi connectivity index (χ0v) is 21.7. The van der Waals surface area contributed by atoms with E-state index in [1.165, 1.54) is 27.0 Å². The van der Waals surface area contributed by atoms with Crippen LogP contribution in [0.1, 0.15) is 46.5 Å². The van der Waals surface area contributed by atoms with E-state index in [4.69, 9.17) is 9.47 Å². The van der Waals surface area contributed by atoms with Gasteiger partial charge in [0.15, 0.2) is 17.3 Å². The van der Waals surface area contributed by atoms with E-state index < -0.39 is 34.6 Å². The fourth-order valence-electron chi connectivity index (χ4n) is 5.47. The van der Waals surface area contributed by atoms with E-state index in [0.717, 1.165) is 33.5 Å². The highest BCUT2D eigenvalue weighted by atomic mass is 16.5. The number of amides is 1. The molecule has 194 valence electrons. The van der Waals surface area contributed by atoms with Crippen molar-refractivity contribution in [3.63, 3.8) is 0 Å². The number of carbonyl (C=O) groups is 4. The van der Waals surface area contributed by atoms with Crippen molar-refractivity contribution in [3.05, 3.63) is 76.1 Å². The summed E-state index contributed by atoms with van der Waals surface area (Å²) in [7, 11) is 1.35. The van der Waals surface area contributed by atoms with Crippen molar-refractivity contribution in [1.82, 2.24) is 5.32 Å². The van der Waals surface area contributed by atoms with Gasteiger partial charge in [-0.2, -0.15) is 0 Å². The number of rotatable bonds is 5. The molecule has 2 aliphatic rings. The van der Waals surface area contributed by atoms with Crippen LogP contribution in [0.4, 0.5) is 0 Å². The number of aromatic hydroxyl groups is 1. The number of ketones is 3. The predicted molar refractivity (Wildman–Crippen MR) is 139 cm³/mol. The summed E-state index contributed by atoms with van der Waals surface area (Å²) >= 11 is 0. The second kappa shape index (κ2) is 8.83. The van der Waals surface area contributed by atoms with Crippen molar-refractivity contribution < 1.29 is 33.8 Å². The summed E-state index contributed by atoms with van der Waals surface area (Å²) < 4.78 is 11.3. The summed E-state index contributed by atoms with van der Waals surface area (Å²) in [5.74, 6) is -4.49. The Labute approximate surface area is 219 Å². The van der Waals surface area contributed by atoms with Crippen LogP contribution in [-0.4, -0.2) is 35.5 Å². The number of aryl methyl sites for hydroxylation is 2. The van der Waals surface area contributed by atoms with Gasteiger partial charge in [-0.3, -0.25) is 19.2 Å². The average Bonchev–Trinajstić information content (AvgIpc) is 3.16. The summed E-state index contributed by atoms with van der Waals surface area (Å²) in [5.41, 5.74) is 1.46. The van der Waals surface area contributed by atoms with Crippen LogP contribution in [-0.2, 0) is 26.3 Å². The number of methoxy groups -OCH3 is 1. The molecule has 0 bridgehead atoms. The zero-order valence-electron chi connectivity index (χ0n) is 21.7. The van der Waals surface area contributed by atoms with Crippen LogP contribution >= 0.6 is 0 Å². The fourth-order valence-corrected chi connectivity index (χ4v) is 5.47. The van der Waals surface area contributed by atoms with Crippen LogP contribution in [0, 0.1) is 19.8 Å². The van der Waals surface area contributed by atoms with E-state index in [1.807, 2.05) is 38.1 Å². The summed E-state index contributed by atoms with van der Waals surface area (Å²) in [6.07, 6.45) is 1.10. The second-order valence-corrected chi connectivity index (χ2v) is 9.99. The molecule has 1 aliphatic heterocycles. The molecule has 3 aromatic rings. The van der Waals surface area contributed by atoms with E-state index >= 15 is 0 Å². The van der Waals surface area contributed by atoms with Gasteiger partial charge in [-0.25, -0.2) is 0 Å². The Kier molecular flexibility index (Phi) is 5.86. The molecule has 3 aromatic carbocycles. The largest absolute Gasteiger partial charge is 0.507 e. The van der Waals surface area contributed by atoms with Gasteiger partial charge >= 0.3 is 0 Å². The van der Waals surface area contributed by atoms with Gasteiger partial charge in [0.2, 0.25) is 0 Å². The molecule has 0 fully saturated rings. The van der Waals surface area contributed by atoms with Crippen LogP contribution < -0.4 is 14.8 Å². The van der Waals surface area contributed by atoms with Crippen LogP contribution in [0.15, 0.2) is 48.2 Å². The molecule has 0 saturated heterocycles. The number of phenols is 1. The first-order chi connectivity index (χ1) is 18.0. The van der Waals surface area contributed by atoms with Crippen molar-refractivity contribution in [2.45, 2.75) is 39.7 Å². The minimum atomic E-state index is -1.62. The predicted octanol–water partition coefficient (Wildman–Crippen LogP) is 3.99. The van der Waals surface area contributed by atoms with Gasteiger partial charge in [-0.15, -0.1) is 0 Å². The SMILES string of the molecule is COc1cc(O)c2c(c1C(=O)NCc1c(C)ccc3cc(C)ccc13)OC1=CC(=O)C(C(C)=O)C(=O)[C@]12C. The van der Waals surface area contributed by atoms with Gasteiger partial charge in [0, 0.05) is 18.7 Å². The lowest BCUT2D eigenvalue weighted by atomic mass is 9.67. The number of nitrogens with one attached hydrogen (secondary N) is 1. The van der Waals surface area contributed by atoms with E-state index in [9.17, 15) is 24.3 Å². The number of hydrogen-bond donors (Lipinski definition) is 2. The number of Topliss-reactive ketones (excluding diaryl/α,β-unsaturated/α-hetero) is 2. The molecule has 1 aliphatic carbocycles. The minimum Gasteiger partial charge on any atom is -0.507 e. The maximum absolute atomic E-state index is 13.6. The van der Waals surface area contributed by atoms with Crippen LogP contribution in [0.2, 0.25) is 0 Å². The van der Waals surface area contributed by atoms with Gasteiger partial charge in [-0.1, -0.05) is 35.9 Å². The Balaban J connectivity index is 1.58. The lowest BCUT2D eigenvalue weighted by molar-refractivity contribution is -0.140. The number of allylic oxidation sites excluding steroid dienone is 2. The maximum atomic E-state index is 13.6. The Bertz CT molecular complexity index is 1620. The summed E-state index contributed by atoms with van der Waals surface area (Å²) in [5, 5.41) is 15.9. The lowest BCUT2D eigenvalue weighted by Gasteiger charge is -2.30. The number of phenolic OH excluding ortho intramolecular Hbond substituents is 1. The quantitative estimate of drug-likeness (QED) is 0.495. The van der Waals surface area contributed by atoms with E-state index in [1.54, 1.807) is 0 Å². The highest BCUT2D eigenvalue weighted by molar-refractivity contribution is 6.27. The fraction of sp³-hybridized carbons (Fsp3) is 0.267. The molecule has 1 unspecified atom stereocenters. The lowest BCUT2D eigenvalue weighted by Crippen LogP contribution is -2.47. The maximum Gasteiger partial charge on any atom is 0.259 e. The van der Waals surface area contributed by atoms with Crippen molar-refractivity contribution in [2.24, 2.45) is 5.92 Å². The molecule has 1 amide bonds. The first kappa shape index (κ1) is 25.2. The normalized spacial score (nSPS) is 19.9. The molecule has 5 rings (SSSR count). The molecular formula is C30H27NO7. The van der Waals surface area contributed by atoms with Gasteiger partial charge in [0.25, 0.3) is 5.91 Å². The topological polar surface area (TPSA) is 119 Å². The second-order valence-electron chi connectivity index (χ2n) is 9.99. The molecule has 8 heteroatoms. The third-order valence-electron chi connectivity index (χ3n) is 7.54. The minimum absolute atomic E-state index is 0.0230. The van der Waals surface area contributed by atoms with Crippen molar-refractivity contribution >= 4 is 34.0 Å². The molecular weight excluding hydrogens is 486 g/mol. The van der Waals surface area contributed by atoms with Crippen LogP contribution in [0.3, 0.4) is 0 Å². The molecule has 2 N–H and O–H groups in total. The summed E-state index contributed by atoms with van der Waals surface area (Å²) in [4.78, 5) is 51.7. The number of carbonyl (C=O) groups excluding carboxylic acids is 4. The first-order valence-electron chi connectivity index (χ1n) is 12.2. The zero-order chi connectivity index (χ0) is 27.5. The summed E-state index contributed by atoms with van der Waals surface area (Å²) in [6, 6.07) is 11.4. The highest BCUT2D eigenvalue weighted by Gasteiger charge is 2.58. The van der Waals surface area contributed by atoms with Crippen molar-refractivity contribution in [2.75, 3.05) is 7.11 Å². The number of fused-ring (bicyclic) bond motifs is 4. The molecule has 8 nitrogen and oxygen atoms in total. The average molecular weight is 514 g/mol. The van der Waals surface area contributed by atoms with E-state index in [0.29, 0.717) is 0 Å². The summed E-state index contributed by atoms with van der Waals surface area (Å²) in [6.45, 7) is 6.83. The Hall–Kier alpha value is -4.46. The van der Waals surface area contributed by atoms with Gasteiger partial charge in [0.05, 0.1) is 12.7 Å². The smallest absolute Gasteiger partial charge is 0.259 e. The molecule has 0 aromatic heterocycles. The monoisotopic (exact) mass is 513 g/mol. The number of benzene rings is 3. The highest BCUT2D eigenvalue weighted by Crippen LogP contribution is 2.56. The Morgan fingerprint density at radius 3 is 2.55 bits per heavy atom. The molecule has 38 heavy (non-hydrogen) atoms.